The van der Waals surface area contributed by atoms with Crippen LogP contribution in [0, 0.1) is 5.41 Å². The Morgan fingerprint density at radius 3 is 2.76 bits per heavy atom. The van der Waals surface area contributed by atoms with E-state index in [1.54, 1.807) is 12.1 Å². The predicted octanol–water partition coefficient (Wildman–Crippen LogP) is 2.46. The Hall–Kier alpha value is -1.88. The molecule has 21 heavy (non-hydrogen) atoms. The molecule has 2 aromatic rings. The Balaban J connectivity index is 2.02. The highest BCUT2D eigenvalue weighted by Crippen LogP contribution is 2.50. The lowest BCUT2D eigenvalue weighted by Gasteiger charge is -2.17. The average Bonchev–Trinajstić information content (AvgIpc) is 3.13. The number of rotatable bonds is 6. The molecule has 0 spiro atoms. The molecule has 0 radical (unpaired) electrons. The summed E-state index contributed by atoms with van der Waals surface area (Å²) in [6.07, 6.45) is 3.92. The molecule has 3 rings (SSSR count). The molecular weight excluding hydrogens is 268 g/mol. The van der Waals surface area contributed by atoms with Crippen LogP contribution in [0.1, 0.15) is 42.4 Å². The van der Waals surface area contributed by atoms with Gasteiger partial charge in [0.1, 0.15) is 5.82 Å². The molecule has 2 N–H and O–H groups in total. The van der Waals surface area contributed by atoms with Crippen LogP contribution in [0.5, 0.6) is 0 Å². The summed E-state index contributed by atoms with van der Waals surface area (Å²) in [7, 11) is 0. The van der Waals surface area contributed by atoms with Crippen molar-refractivity contribution in [3.63, 3.8) is 0 Å². The van der Waals surface area contributed by atoms with Crippen molar-refractivity contribution >= 4 is 17.0 Å². The van der Waals surface area contributed by atoms with Gasteiger partial charge in [0, 0.05) is 19.6 Å². The molecule has 0 atom stereocenters. The first-order valence-electron chi connectivity index (χ1n) is 7.42. The lowest BCUT2D eigenvalue weighted by Crippen LogP contribution is -2.15. The van der Waals surface area contributed by atoms with E-state index in [9.17, 15) is 9.90 Å². The molecule has 0 bridgehead atoms. The van der Waals surface area contributed by atoms with E-state index in [4.69, 9.17) is 5.11 Å². The molecule has 0 saturated heterocycles. The number of nitrogens with zero attached hydrogens (tertiary/aromatic N) is 2. The predicted molar refractivity (Wildman–Crippen MR) is 79.4 cm³/mol. The van der Waals surface area contributed by atoms with Crippen molar-refractivity contribution in [1.29, 1.82) is 0 Å². The second-order valence-corrected chi connectivity index (χ2v) is 5.95. The summed E-state index contributed by atoms with van der Waals surface area (Å²) in [5.41, 5.74) is 2.21. The molecule has 5 nitrogen and oxygen atoms in total. The molecule has 1 aliphatic rings. The van der Waals surface area contributed by atoms with E-state index in [0.717, 1.165) is 49.1 Å². The van der Waals surface area contributed by atoms with Gasteiger partial charge in [0.25, 0.3) is 0 Å². The quantitative estimate of drug-likeness (QED) is 0.856. The Kier molecular flexibility index (Phi) is 3.45. The van der Waals surface area contributed by atoms with Crippen molar-refractivity contribution < 1.29 is 15.0 Å². The number of imidazole rings is 1. The first-order valence-corrected chi connectivity index (χ1v) is 7.42. The minimum atomic E-state index is -0.927. The molecule has 112 valence electrons. The van der Waals surface area contributed by atoms with Gasteiger partial charge in [-0.15, -0.1) is 0 Å². The van der Waals surface area contributed by atoms with Crippen molar-refractivity contribution in [2.75, 3.05) is 6.61 Å². The summed E-state index contributed by atoms with van der Waals surface area (Å²) >= 11 is 0. The van der Waals surface area contributed by atoms with Crippen LogP contribution in [0.4, 0.5) is 0 Å². The van der Waals surface area contributed by atoms with Crippen molar-refractivity contribution in [2.45, 2.75) is 39.2 Å². The number of carbonyl (C=O) groups is 1. The number of aromatic nitrogens is 2. The van der Waals surface area contributed by atoms with Crippen LogP contribution in [0.3, 0.4) is 0 Å². The molecule has 1 heterocycles. The summed E-state index contributed by atoms with van der Waals surface area (Å²) in [6.45, 7) is 3.14. The number of carboxylic acid groups (broad SMARTS) is 1. The monoisotopic (exact) mass is 288 g/mol. The number of hydrogen-bond donors (Lipinski definition) is 2. The zero-order chi connectivity index (χ0) is 15.0. The fraction of sp³-hybridized carbons (Fsp3) is 0.500. The second kappa shape index (κ2) is 5.15. The Bertz CT molecular complexity index is 686. The number of aryl methyl sites for hydroxylation is 1. The van der Waals surface area contributed by atoms with E-state index >= 15 is 0 Å². The van der Waals surface area contributed by atoms with Crippen molar-refractivity contribution in [3.8, 4) is 0 Å². The highest BCUT2D eigenvalue weighted by atomic mass is 16.4. The Labute approximate surface area is 123 Å². The van der Waals surface area contributed by atoms with Crippen LogP contribution >= 0.6 is 0 Å². The van der Waals surface area contributed by atoms with Crippen LogP contribution in [0.2, 0.25) is 0 Å². The van der Waals surface area contributed by atoms with Gasteiger partial charge in [-0.3, -0.25) is 0 Å². The van der Waals surface area contributed by atoms with Gasteiger partial charge in [0.15, 0.2) is 0 Å². The SMILES string of the molecule is CCc1nc2cc(C(=O)O)ccc2n1CC1(CCO)CC1. The van der Waals surface area contributed by atoms with Gasteiger partial charge >= 0.3 is 5.97 Å². The van der Waals surface area contributed by atoms with Crippen LogP contribution in [-0.2, 0) is 13.0 Å². The number of aliphatic hydroxyl groups excluding tert-OH is 1. The van der Waals surface area contributed by atoms with Gasteiger partial charge in [0.05, 0.1) is 16.6 Å². The number of aromatic carboxylic acids is 1. The summed E-state index contributed by atoms with van der Waals surface area (Å²) in [4.78, 5) is 15.7. The molecule has 1 aromatic heterocycles. The highest BCUT2D eigenvalue weighted by Gasteiger charge is 2.42. The van der Waals surface area contributed by atoms with Gasteiger partial charge < -0.3 is 14.8 Å². The van der Waals surface area contributed by atoms with Crippen molar-refractivity contribution in [3.05, 3.63) is 29.6 Å². The largest absolute Gasteiger partial charge is 0.478 e. The standard InChI is InChI=1S/C16H20N2O3/c1-2-14-17-12-9-11(15(20)21)3-4-13(12)18(14)10-16(5-6-16)7-8-19/h3-4,9,19H,2,5-8,10H2,1H3,(H,20,21). The van der Waals surface area contributed by atoms with E-state index in [0.29, 0.717) is 0 Å². The van der Waals surface area contributed by atoms with Crippen LogP contribution in [0.25, 0.3) is 11.0 Å². The fourth-order valence-corrected chi connectivity index (χ4v) is 3.00. The Morgan fingerprint density at radius 2 is 2.19 bits per heavy atom. The minimum Gasteiger partial charge on any atom is -0.478 e. The van der Waals surface area contributed by atoms with Crippen LogP contribution in [-0.4, -0.2) is 32.3 Å². The van der Waals surface area contributed by atoms with Gasteiger partial charge in [-0.1, -0.05) is 6.92 Å². The van der Waals surface area contributed by atoms with E-state index in [2.05, 4.69) is 16.5 Å². The minimum absolute atomic E-state index is 0.206. The second-order valence-electron chi connectivity index (χ2n) is 5.95. The molecular formula is C16H20N2O3. The molecule has 1 saturated carbocycles. The van der Waals surface area contributed by atoms with Gasteiger partial charge in [-0.25, -0.2) is 9.78 Å². The number of benzene rings is 1. The van der Waals surface area contributed by atoms with E-state index in [1.165, 1.54) is 0 Å². The molecule has 5 heteroatoms. The first kappa shape index (κ1) is 14.1. The normalized spacial score (nSPS) is 16.3. The number of fused-ring (bicyclic) bond motifs is 1. The lowest BCUT2D eigenvalue weighted by molar-refractivity contribution is 0.0697. The lowest BCUT2D eigenvalue weighted by atomic mass is 10.0. The molecule has 1 fully saturated rings. The Morgan fingerprint density at radius 1 is 1.43 bits per heavy atom. The van der Waals surface area contributed by atoms with E-state index < -0.39 is 5.97 Å². The average molecular weight is 288 g/mol. The van der Waals surface area contributed by atoms with Gasteiger partial charge in [0.2, 0.25) is 0 Å². The number of hydrogen-bond acceptors (Lipinski definition) is 3. The molecule has 0 amide bonds. The highest BCUT2D eigenvalue weighted by molar-refractivity contribution is 5.92. The first-order chi connectivity index (χ1) is 10.1. The molecule has 1 aromatic carbocycles. The number of aliphatic hydroxyl groups is 1. The zero-order valence-electron chi connectivity index (χ0n) is 12.2. The van der Waals surface area contributed by atoms with Crippen molar-refractivity contribution in [2.24, 2.45) is 5.41 Å². The maximum Gasteiger partial charge on any atom is 0.335 e. The smallest absolute Gasteiger partial charge is 0.335 e. The third kappa shape index (κ3) is 2.53. The fourth-order valence-electron chi connectivity index (χ4n) is 3.00. The van der Waals surface area contributed by atoms with Crippen molar-refractivity contribution in [1.82, 2.24) is 9.55 Å². The molecule has 0 aliphatic heterocycles. The van der Waals surface area contributed by atoms with Gasteiger partial charge in [-0.05, 0) is 42.9 Å². The molecule has 0 unspecified atom stereocenters. The van der Waals surface area contributed by atoms with Crippen LogP contribution < -0.4 is 0 Å². The maximum atomic E-state index is 11.1. The number of carboxylic acids is 1. The van der Waals surface area contributed by atoms with Crippen LogP contribution in [0.15, 0.2) is 18.2 Å². The summed E-state index contributed by atoms with van der Waals surface area (Å²) in [5, 5.41) is 18.3. The summed E-state index contributed by atoms with van der Waals surface area (Å²) < 4.78 is 2.20. The summed E-state index contributed by atoms with van der Waals surface area (Å²) in [6, 6.07) is 5.12. The van der Waals surface area contributed by atoms with E-state index in [-0.39, 0.29) is 17.6 Å². The molecule has 1 aliphatic carbocycles. The van der Waals surface area contributed by atoms with E-state index in [1.807, 2.05) is 6.07 Å². The van der Waals surface area contributed by atoms with Gasteiger partial charge in [-0.2, -0.15) is 0 Å². The maximum absolute atomic E-state index is 11.1. The zero-order valence-corrected chi connectivity index (χ0v) is 12.2. The topological polar surface area (TPSA) is 75.3 Å². The summed E-state index contributed by atoms with van der Waals surface area (Å²) in [5.74, 6) is 0.0557. The third-order valence-electron chi connectivity index (χ3n) is 4.48. The third-order valence-corrected chi connectivity index (χ3v) is 4.48.